The van der Waals surface area contributed by atoms with Crippen molar-refractivity contribution in [3.63, 3.8) is 0 Å². The topological polar surface area (TPSA) is 65.5 Å². The minimum Gasteiger partial charge on any atom is -0.390 e. The first-order valence-corrected chi connectivity index (χ1v) is 9.87. The van der Waals surface area contributed by atoms with Crippen molar-refractivity contribution in [2.24, 2.45) is 0 Å². The predicted molar refractivity (Wildman–Crippen MR) is 105 cm³/mol. The highest BCUT2D eigenvalue weighted by atomic mass is 35.5. The Balaban J connectivity index is 1.50. The third-order valence-corrected chi connectivity index (χ3v) is 5.98. The van der Waals surface area contributed by atoms with Crippen LogP contribution in [-0.4, -0.2) is 46.1 Å². The van der Waals surface area contributed by atoms with Gasteiger partial charge in [0.15, 0.2) is 0 Å². The molecule has 0 aliphatic carbocycles. The second kappa shape index (κ2) is 7.58. The van der Waals surface area contributed by atoms with Gasteiger partial charge < -0.3 is 15.3 Å². The van der Waals surface area contributed by atoms with E-state index < -0.39 is 6.10 Å². The Hall–Kier alpha value is -1.95. The fourth-order valence-electron chi connectivity index (χ4n) is 4.18. The highest BCUT2D eigenvalue weighted by molar-refractivity contribution is 6.29. The molecule has 1 aromatic carbocycles. The molecule has 0 bridgehead atoms. The number of hydrogen-bond donors (Lipinski definition) is 2. The summed E-state index contributed by atoms with van der Waals surface area (Å²) in [6, 6.07) is 9.87. The Kier molecular flexibility index (Phi) is 5.17. The summed E-state index contributed by atoms with van der Waals surface area (Å²) >= 11 is 6.01. The maximum absolute atomic E-state index is 13.0. The van der Waals surface area contributed by atoms with Crippen LogP contribution < -0.4 is 5.32 Å². The number of halogens is 1. The number of β-amino-alcohol motifs (C(OH)–C–C–N with tert-alkyl or cyclic N) is 1. The maximum Gasteiger partial charge on any atom is 0.254 e. The molecule has 0 fully saturated rings. The number of aliphatic hydroxyl groups is 1. The van der Waals surface area contributed by atoms with E-state index in [4.69, 9.17) is 11.6 Å². The van der Waals surface area contributed by atoms with E-state index in [9.17, 15) is 9.90 Å². The zero-order valence-corrected chi connectivity index (χ0v) is 16.1. The van der Waals surface area contributed by atoms with Gasteiger partial charge in [0.1, 0.15) is 5.15 Å². The molecule has 1 aromatic heterocycles. The van der Waals surface area contributed by atoms with E-state index in [1.165, 1.54) is 11.1 Å². The number of carbonyl (C=O) groups excluding carboxylic acids is 1. The molecule has 0 radical (unpaired) electrons. The third-order valence-electron chi connectivity index (χ3n) is 5.78. The van der Waals surface area contributed by atoms with Gasteiger partial charge in [0, 0.05) is 43.4 Å². The van der Waals surface area contributed by atoms with Gasteiger partial charge in [0.2, 0.25) is 0 Å². The van der Waals surface area contributed by atoms with Crippen LogP contribution in [0.5, 0.6) is 0 Å². The first-order valence-electron chi connectivity index (χ1n) is 9.49. The zero-order chi connectivity index (χ0) is 19.0. The van der Waals surface area contributed by atoms with E-state index in [2.05, 4.69) is 29.4 Å². The summed E-state index contributed by atoms with van der Waals surface area (Å²) < 4.78 is 0. The molecule has 142 valence electrons. The highest BCUT2D eigenvalue weighted by Crippen LogP contribution is 2.31. The number of rotatable bonds is 4. The molecule has 0 saturated carbocycles. The van der Waals surface area contributed by atoms with Crippen LogP contribution in [0.25, 0.3) is 0 Å². The Labute approximate surface area is 164 Å². The number of aromatic nitrogens is 1. The molecule has 27 heavy (non-hydrogen) atoms. The van der Waals surface area contributed by atoms with Gasteiger partial charge in [-0.15, -0.1) is 0 Å². The van der Waals surface area contributed by atoms with Crippen molar-refractivity contribution in [1.82, 2.24) is 15.2 Å². The van der Waals surface area contributed by atoms with Crippen molar-refractivity contribution < 1.29 is 9.90 Å². The molecule has 2 aliphatic rings. The number of aliphatic hydroxyl groups excluding tert-OH is 1. The molecule has 4 rings (SSSR count). The van der Waals surface area contributed by atoms with E-state index in [0.29, 0.717) is 23.8 Å². The standard InChI is InChI=1S/C21H24ClN3O2/c1-2-13-11-25(21(27)16-8-20(22)24-10-17(13)16)12-19(26)18-7-14-5-3-4-6-15(14)9-23-18/h3-6,8,10,13,18-19,23,26H,2,7,9,11-12H2,1H3/t13-,18-,19-/m0/s1. The Bertz CT molecular complexity index is 857. The number of hydrogen-bond acceptors (Lipinski definition) is 4. The number of amides is 1. The van der Waals surface area contributed by atoms with Crippen LogP contribution in [0.2, 0.25) is 5.15 Å². The van der Waals surface area contributed by atoms with Gasteiger partial charge in [-0.3, -0.25) is 4.79 Å². The summed E-state index contributed by atoms with van der Waals surface area (Å²) in [5.41, 5.74) is 4.11. The summed E-state index contributed by atoms with van der Waals surface area (Å²) in [5, 5.41) is 14.6. The van der Waals surface area contributed by atoms with Crippen LogP contribution in [0.15, 0.2) is 36.5 Å². The molecule has 6 heteroatoms. The van der Waals surface area contributed by atoms with Gasteiger partial charge in [-0.1, -0.05) is 42.8 Å². The highest BCUT2D eigenvalue weighted by Gasteiger charge is 2.34. The lowest BCUT2D eigenvalue weighted by molar-refractivity contribution is 0.0484. The molecule has 0 unspecified atom stereocenters. The van der Waals surface area contributed by atoms with Crippen molar-refractivity contribution in [2.75, 3.05) is 13.1 Å². The molecule has 5 nitrogen and oxygen atoms in total. The average molecular weight is 386 g/mol. The summed E-state index contributed by atoms with van der Waals surface area (Å²) in [6.07, 6.45) is 2.77. The van der Waals surface area contributed by atoms with E-state index in [1.807, 2.05) is 12.1 Å². The fraction of sp³-hybridized carbons (Fsp3) is 0.429. The molecule has 2 aliphatic heterocycles. The second-order valence-electron chi connectivity index (χ2n) is 7.44. The SMILES string of the molecule is CC[C@H]1CN(C[C@H](O)[C@@H]2Cc3ccccc3CN2)C(=O)c2cc(Cl)ncc21. The van der Waals surface area contributed by atoms with Crippen molar-refractivity contribution >= 4 is 17.5 Å². The molecule has 1 amide bonds. The summed E-state index contributed by atoms with van der Waals surface area (Å²) in [6.45, 7) is 3.77. The van der Waals surface area contributed by atoms with E-state index >= 15 is 0 Å². The number of fused-ring (bicyclic) bond motifs is 2. The van der Waals surface area contributed by atoms with Crippen LogP contribution in [-0.2, 0) is 13.0 Å². The lowest BCUT2D eigenvalue weighted by Crippen LogP contribution is -2.52. The summed E-state index contributed by atoms with van der Waals surface area (Å²) in [4.78, 5) is 18.9. The van der Waals surface area contributed by atoms with Gasteiger partial charge in [0.25, 0.3) is 5.91 Å². The van der Waals surface area contributed by atoms with Crippen LogP contribution in [0.3, 0.4) is 0 Å². The number of pyridine rings is 1. The lowest BCUT2D eigenvalue weighted by Gasteiger charge is -2.37. The van der Waals surface area contributed by atoms with Crippen LogP contribution in [0.4, 0.5) is 0 Å². The van der Waals surface area contributed by atoms with Gasteiger partial charge in [0.05, 0.1) is 6.10 Å². The molecule has 2 aromatic rings. The van der Waals surface area contributed by atoms with Gasteiger partial charge >= 0.3 is 0 Å². The molecular weight excluding hydrogens is 362 g/mol. The lowest BCUT2D eigenvalue weighted by atomic mass is 9.88. The summed E-state index contributed by atoms with van der Waals surface area (Å²) in [7, 11) is 0. The van der Waals surface area contributed by atoms with Gasteiger partial charge in [-0.05, 0) is 35.6 Å². The molecule has 2 N–H and O–H groups in total. The zero-order valence-electron chi connectivity index (χ0n) is 15.4. The predicted octanol–water partition coefficient (Wildman–Crippen LogP) is 2.76. The summed E-state index contributed by atoms with van der Waals surface area (Å²) in [5.74, 6) is 0.143. The van der Waals surface area contributed by atoms with E-state index in [0.717, 1.165) is 24.9 Å². The Morgan fingerprint density at radius 3 is 2.93 bits per heavy atom. The number of nitrogens with one attached hydrogen (secondary N) is 1. The average Bonchev–Trinajstić information content (AvgIpc) is 2.69. The smallest absolute Gasteiger partial charge is 0.254 e. The molecule has 3 heterocycles. The Morgan fingerprint density at radius 1 is 1.37 bits per heavy atom. The molecular formula is C21H24ClN3O2. The van der Waals surface area contributed by atoms with E-state index in [-0.39, 0.29) is 17.9 Å². The van der Waals surface area contributed by atoms with E-state index in [1.54, 1.807) is 17.2 Å². The minimum atomic E-state index is -0.626. The second-order valence-corrected chi connectivity index (χ2v) is 7.82. The molecule has 0 spiro atoms. The van der Waals surface area contributed by atoms with Gasteiger partial charge in [-0.2, -0.15) is 0 Å². The van der Waals surface area contributed by atoms with Crippen LogP contribution >= 0.6 is 11.6 Å². The van der Waals surface area contributed by atoms with Crippen molar-refractivity contribution in [1.29, 1.82) is 0 Å². The maximum atomic E-state index is 13.0. The Morgan fingerprint density at radius 2 is 2.15 bits per heavy atom. The number of nitrogens with zero attached hydrogens (tertiary/aromatic N) is 2. The number of benzene rings is 1. The van der Waals surface area contributed by atoms with Gasteiger partial charge in [-0.25, -0.2) is 4.98 Å². The molecule has 0 saturated heterocycles. The number of carbonyl (C=O) groups is 1. The first kappa shape index (κ1) is 18.4. The van der Waals surface area contributed by atoms with Crippen LogP contribution in [0, 0.1) is 0 Å². The molecule has 3 atom stereocenters. The minimum absolute atomic E-state index is 0.0600. The van der Waals surface area contributed by atoms with Crippen LogP contribution in [0.1, 0.15) is 46.3 Å². The van der Waals surface area contributed by atoms with Crippen molar-refractivity contribution in [2.45, 2.75) is 44.4 Å². The normalized spacial score (nSPS) is 22.9. The monoisotopic (exact) mass is 385 g/mol. The van der Waals surface area contributed by atoms with Crippen molar-refractivity contribution in [3.05, 3.63) is 63.9 Å². The van der Waals surface area contributed by atoms with Crippen molar-refractivity contribution in [3.8, 4) is 0 Å². The largest absolute Gasteiger partial charge is 0.390 e. The quantitative estimate of drug-likeness (QED) is 0.794. The third kappa shape index (κ3) is 3.59. The first-order chi connectivity index (χ1) is 13.1. The fourth-order valence-corrected chi connectivity index (χ4v) is 4.34.